The minimum atomic E-state index is -0.230. The van der Waals surface area contributed by atoms with Gasteiger partial charge in [-0.3, -0.25) is 9.78 Å². The second kappa shape index (κ2) is 7.52. The standard InChI is InChI=1S/C18H18N4O2/c23-9-8-20-18(24)15-10-17(21-12-13-4-3-7-19-11-13)22-16-6-2-1-5-14(15)16/h1-7,10-11,23H,8-9,12H2,(H,20,24)(H,21,22). The molecule has 3 aromatic rings. The average Bonchev–Trinajstić information content (AvgIpc) is 2.64. The molecule has 6 nitrogen and oxygen atoms in total. The largest absolute Gasteiger partial charge is 0.395 e. The molecule has 0 saturated heterocycles. The van der Waals surface area contributed by atoms with E-state index >= 15 is 0 Å². The van der Waals surface area contributed by atoms with Crippen LogP contribution in [0.25, 0.3) is 10.9 Å². The third-order valence-electron chi connectivity index (χ3n) is 3.55. The first-order chi connectivity index (χ1) is 11.8. The fraction of sp³-hybridized carbons (Fsp3) is 0.167. The van der Waals surface area contributed by atoms with E-state index in [1.807, 2.05) is 36.4 Å². The summed E-state index contributed by atoms with van der Waals surface area (Å²) in [5.74, 6) is 0.388. The van der Waals surface area contributed by atoms with Crippen LogP contribution in [0, 0.1) is 0 Å². The number of pyridine rings is 2. The molecule has 2 heterocycles. The van der Waals surface area contributed by atoms with Crippen LogP contribution in [-0.4, -0.2) is 34.1 Å². The first-order valence-electron chi connectivity index (χ1n) is 7.69. The molecule has 3 rings (SSSR count). The van der Waals surface area contributed by atoms with Gasteiger partial charge in [0.05, 0.1) is 17.7 Å². The predicted molar refractivity (Wildman–Crippen MR) is 92.7 cm³/mol. The van der Waals surface area contributed by atoms with Crippen LogP contribution >= 0.6 is 0 Å². The van der Waals surface area contributed by atoms with Crippen LogP contribution in [0.2, 0.25) is 0 Å². The van der Waals surface area contributed by atoms with Gasteiger partial charge in [-0.1, -0.05) is 24.3 Å². The highest BCUT2D eigenvalue weighted by Crippen LogP contribution is 2.21. The average molecular weight is 322 g/mol. The van der Waals surface area contributed by atoms with Crippen molar-refractivity contribution in [2.24, 2.45) is 0 Å². The van der Waals surface area contributed by atoms with Crippen molar-refractivity contribution in [3.63, 3.8) is 0 Å². The van der Waals surface area contributed by atoms with Crippen LogP contribution in [0.15, 0.2) is 54.9 Å². The zero-order valence-corrected chi connectivity index (χ0v) is 13.1. The molecule has 1 aromatic carbocycles. The van der Waals surface area contributed by atoms with Gasteiger partial charge in [-0.25, -0.2) is 4.98 Å². The van der Waals surface area contributed by atoms with Crippen LogP contribution in [0.1, 0.15) is 15.9 Å². The summed E-state index contributed by atoms with van der Waals surface area (Å²) in [6.45, 7) is 0.686. The number of fused-ring (bicyclic) bond motifs is 1. The van der Waals surface area contributed by atoms with Gasteiger partial charge in [0, 0.05) is 30.9 Å². The number of aliphatic hydroxyl groups is 1. The lowest BCUT2D eigenvalue weighted by Gasteiger charge is -2.11. The number of carbonyl (C=O) groups excluding carboxylic acids is 1. The number of para-hydroxylation sites is 1. The van der Waals surface area contributed by atoms with Crippen LogP contribution in [-0.2, 0) is 6.54 Å². The van der Waals surface area contributed by atoms with E-state index in [0.29, 0.717) is 17.9 Å². The van der Waals surface area contributed by atoms with Gasteiger partial charge in [0.2, 0.25) is 0 Å². The molecule has 0 saturated carbocycles. The van der Waals surface area contributed by atoms with Gasteiger partial charge in [0.25, 0.3) is 5.91 Å². The molecule has 6 heteroatoms. The summed E-state index contributed by atoms with van der Waals surface area (Å²) < 4.78 is 0. The number of amides is 1. The molecular formula is C18H18N4O2. The van der Waals surface area contributed by atoms with E-state index in [1.54, 1.807) is 18.5 Å². The van der Waals surface area contributed by atoms with Gasteiger partial charge < -0.3 is 15.7 Å². The molecule has 1 amide bonds. The smallest absolute Gasteiger partial charge is 0.252 e. The maximum Gasteiger partial charge on any atom is 0.252 e. The Morgan fingerprint density at radius 3 is 2.83 bits per heavy atom. The number of rotatable bonds is 6. The number of hydrogen-bond donors (Lipinski definition) is 3. The second-order valence-corrected chi connectivity index (χ2v) is 5.27. The Hall–Kier alpha value is -2.99. The zero-order valence-electron chi connectivity index (χ0n) is 13.1. The van der Waals surface area contributed by atoms with Gasteiger partial charge in [-0.05, 0) is 23.8 Å². The highest BCUT2D eigenvalue weighted by molar-refractivity contribution is 6.06. The third kappa shape index (κ3) is 3.67. The van der Waals surface area contributed by atoms with E-state index in [4.69, 9.17) is 5.11 Å². The Labute approximate surface area is 139 Å². The summed E-state index contributed by atoms with van der Waals surface area (Å²) in [4.78, 5) is 21.0. The van der Waals surface area contributed by atoms with Gasteiger partial charge in [0.15, 0.2) is 0 Å². The SMILES string of the molecule is O=C(NCCO)c1cc(NCc2cccnc2)nc2ccccc12. The monoisotopic (exact) mass is 322 g/mol. The minimum Gasteiger partial charge on any atom is -0.395 e. The second-order valence-electron chi connectivity index (χ2n) is 5.27. The minimum absolute atomic E-state index is 0.0964. The van der Waals surface area contributed by atoms with Crippen molar-refractivity contribution in [3.05, 3.63) is 66.0 Å². The molecule has 0 spiro atoms. The van der Waals surface area contributed by atoms with E-state index in [0.717, 1.165) is 16.5 Å². The van der Waals surface area contributed by atoms with Crippen molar-refractivity contribution in [2.75, 3.05) is 18.5 Å². The molecule has 0 aliphatic rings. The Balaban J connectivity index is 1.89. The maximum absolute atomic E-state index is 12.4. The number of anilines is 1. The van der Waals surface area contributed by atoms with Crippen LogP contribution in [0.4, 0.5) is 5.82 Å². The Bertz CT molecular complexity index is 837. The van der Waals surface area contributed by atoms with Gasteiger partial charge >= 0.3 is 0 Å². The summed E-state index contributed by atoms with van der Waals surface area (Å²) in [7, 11) is 0. The molecule has 24 heavy (non-hydrogen) atoms. The van der Waals surface area contributed by atoms with E-state index < -0.39 is 0 Å². The number of aromatic nitrogens is 2. The lowest BCUT2D eigenvalue weighted by Crippen LogP contribution is -2.26. The van der Waals surface area contributed by atoms with E-state index in [-0.39, 0.29) is 19.1 Å². The number of benzene rings is 1. The number of hydrogen-bond acceptors (Lipinski definition) is 5. The zero-order chi connectivity index (χ0) is 16.8. The molecule has 0 radical (unpaired) electrons. The summed E-state index contributed by atoms with van der Waals surface area (Å²) in [5.41, 5.74) is 2.30. The number of aliphatic hydroxyl groups excluding tert-OH is 1. The third-order valence-corrected chi connectivity index (χ3v) is 3.55. The van der Waals surface area contributed by atoms with Crippen molar-refractivity contribution >= 4 is 22.6 Å². The van der Waals surface area contributed by atoms with Crippen molar-refractivity contribution in [1.29, 1.82) is 0 Å². The van der Waals surface area contributed by atoms with Gasteiger partial charge in [-0.15, -0.1) is 0 Å². The molecule has 0 aliphatic carbocycles. The molecule has 0 bridgehead atoms. The molecular weight excluding hydrogens is 304 g/mol. The number of nitrogens with one attached hydrogen (secondary N) is 2. The number of nitrogens with zero attached hydrogens (tertiary/aromatic N) is 2. The van der Waals surface area contributed by atoms with E-state index in [2.05, 4.69) is 20.6 Å². The van der Waals surface area contributed by atoms with Crippen LogP contribution < -0.4 is 10.6 Å². The molecule has 0 unspecified atom stereocenters. The Morgan fingerprint density at radius 2 is 2.04 bits per heavy atom. The van der Waals surface area contributed by atoms with Crippen molar-refractivity contribution in [3.8, 4) is 0 Å². The van der Waals surface area contributed by atoms with E-state index in [1.165, 1.54) is 0 Å². The fourth-order valence-electron chi connectivity index (χ4n) is 2.41. The molecule has 0 aliphatic heterocycles. The maximum atomic E-state index is 12.4. The normalized spacial score (nSPS) is 10.5. The fourth-order valence-corrected chi connectivity index (χ4v) is 2.41. The highest BCUT2D eigenvalue weighted by atomic mass is 16.3. The molecule has 122 valence electrons. The Morgan fingerprint density at radius 1 is 1.17 bits per heavy atom. The lowest BCUT2D eigenvalue weighted by atomic mass is 10.1. The van der Waals surface area contributed by atoms with E-state index in [9.17, 15) is 4.79 Å². The van der Waals surface area contributed by atoms with Gasteiger partial charge in [-0.2, -0.15) is 0 Å². The first-order valence-corrected chi connectivity index (χ1v) is 7.69. The van der Waals surface area contributed by atoms with Crippen molar-refractivity contribution < 1.29 is 9.90 Å². The van der Waals surface area contributed by atoms with Crippen molar-refractivity contribution in [1.82, 2.24) is 15.3 Å². The summed E-state index contributed by atoms with van der Waals surface area (Å²) in [6, 6.07) is 13.1. The van der Waals surface area contributed by atoms with Crippen LogP contribution in [0.5, 0.6) is 0 Å². The molecule has 2 aromatic heterocycles. The highest BCUT2D eigenvalue weighted by Gasteiger charge is 2.12. The lowest BCUT2D eigenvalue weighted by molar-refractivity contribution is 0.0946. The predicted octanol–water partition coefficient (Wildman–Crippen LogP) is 1.96. The Kier molecular flexibility index (Phi) is 4.98. The van der Waals surface area contributed by atoms with Gasteiger partial charge in [0.1, 0.15) is 5.82 Å². The number of carbonyl (C=O) groups is 1. The van der Waals surface area contributed by atoms with Crippen LogP contribution in [0.3, 0.4) is 0 Å². The quantitative estimate of drug-likeness (QED) is 0.646. The summed E-state index contributed by atoms with van der Waals surface area (Å²) in [6.07, 6.45) is 3.50. The van der Waals surface area contributed by atoms with Crippen molar-refractivity contribution in [2.45, 2.75) is 6.54 Å². The summed E-state index contributed by atoms with van der Waals surface area (Å²) in [5, 5.41) is 15.6. The summed E-state index contributed by atoms with van der Waals surface area (Å²) >= 11 is 0. The molecule has 3 N–H and O–H groups in total. The molecule has 0 fully saturated rings. The molecule has 0 atom stereocenters. The topological polar surface area (TPSA) is 87.1 Å². The first kappa shape index (κ1) is 15.9.